The van der Waals surface area contributed by atoms with Crippen molar-refractivity contribution in [1.82, 2.24) is 34.8 Å². The molecule has 0 aliphatic carbocycles. The highest BCUT2D eigenvalue weighted by Gasteiger charge is 2.18. The van der Waals surface area contributed by atoms with Crippen molar-refractivity contribution in [2.45, 2.75) is 26.7 Å². The summed E-state index contributed by atoms with van der Waals surface area (Å²) in [5.41, 5.74) is 1.80. The minimum atomic E-state index is -1.38. The van der Waals surface area contributed by atoms with Crippen LogP contribution in [0, 0.1) is 6.92 Å². The minimum Gasteiger partial charge on any atom is -0.461 e. The van der Waals surface area contributed by atoms with Gasteiger partial charge in [0.15, 0.2) is 0 Å². The van der Waals surface area contributed by atoms with Gasteiger partial charge in [-0.15, -0.1) is 5.10 Å². The second-order valence-corrected chi connectivity index (χ2v) is 8.56. The fraction of sp³-hybridized carbons (Fsp3) is 0.375. The number of hydrogen-bond donors (Lipinski definition) is 0. The van der Waals surface area contributed by atoms with Gasteiger partial charge in [0.2, 0.25) is 18.0 Å². The first-order chi connectivity index (χ1) is 16.9. The van der Waals surface area contributed by atoms with Crippen LogP contribution in [-0.4, -0.2) is 74.4 Å². The maximum Gasteiger partial charge on any atom is 0.297 e. The number of rotatable bonds is 7. The number of anilines is 1. The van der Waals surface area contributed by atoms with Crippen LogP contribution in [0.4, 0.5) is 10.2 Å². The van der Waals surface area contributed by atoms with Gasteiger partial charge in [0.05, 0.1) is 6.54 Å². The molecule has 0 radical (unpaired) electrons. The van der Waals surface area contributed by atoms with Crippen molar-refractivity contribution < 1.29 is 13.7 Å². The van der Waals surface area contributed by atoms with E-state index in [0.717, 1.165) is 43.4 Å². The SMILES string of the molecule is Cc1nc(-c2nc(-c3ccc(OC(C)F)cc3)no2)nn1Cc1ccnc(N2CCN(C)CC2)c1. The van der Waals surface area contributed by atoms with E-state index >= 15 is 0 Å². The zero-order valence-corrected chi connectivity index (χ0v) is 19.9. The number of hydrogen-bond acceptors (Lipinski definition) is 9. The second kappa shape index (κ2) is 9.79. The van der Waals surface area contributed by atoms with Gasteiger partial charge in [0.25, 0.3) is 5.89 Å². The van der Waals surface area contributed by atoms with Gasteiger partial charge in [-0.3, -0.25) is 0 Å². The van der Waals surface area contributed by atoms with E-state index in [-0.39, 0.29) is 5.89 Å². The van der Waals surface area contributed by atoms with Gasteiger partial charge < -0.3 is 19.1 Å². The van der Waals surface area contributed by atoms with Crippen LogP contribution >= 0.6 is 0 Å². The lowest BCUT2D eigenvalue weighted by molar-refractivity contribution is 0.0861. The third kappa shape index (κ3) is 5.29. The van der Waals surface area contributed by atoms with Crippen molar-refractivity contribution >= 4 is 5.82 Å². The van der Waals surface area contributed by atoms with Crippen molar-refractivity contribution in [2.75, 3.05) is 38.1 Å². The van der Waals surface area contributed by atoms with Crippen molar-refractivity contribution in [3.05, 3.63) is 54.0 Å². The number of aromatic nitrogens is 6. The van der Waals surface area contributed by atoms with Crippen LogP contribution in [0.5, 0.6) is 5.75 Å². The molecule has 0 N–H and O–H groups in total. The van der Waals surface area contributed by atoms with Crippen LogP contribution < -0.4 is 9.64 Å². The Bertz CT molecular complexity index is 1280. The fourth-order valence-electron chi connectivity index (χ4n) is 3.90. The molecule has 35 heavy (non-hydrogen) atoms. The summed E-state index contributed by atoms with van der Waals surface area (Å²) in [6.07, 6.45) is 0.456. The molecular weight excluding hydrogens is 451 g/mol. The molecule has 5 rings (SSSR count). The van der Waals surface area contributed by atoms with Gasteiger partial charge in [-0.2, -0.15) is 4.98 Å². The van der Waals surface area contributed by atoms with E-state index in [1.807, 2.05) is 23.9 Å². The van der Waals surface area contributed by atoms with E-state index in [1.165, 1.54) is 6.92 Å². The molecule has 11 heteroatoms. The largest absolute Gasteiger partial charge is 0.461 e. The number of ether oxygens (including phenoxy) is 1. The maximum absolute atomic E-state index is 13.0. The summed E-state index contributed by atoms with van der Waals surface area (Å²) in [6.45, 7) is 7.75. The summed E-state index contributed by atoms with van der Waals surface area (Å²) in [4.78, 5) is 18.1. The summed E-state index contributed by atoms with van der Waals surface area (Å²) >= 11 is 0. The standard InChI is InChI=1S/C24H27FN8O2/c1-16(25)34-20-6-4-19(5-7-20)22-28-24(35-30-22)23-27-17(2)33(29-23)15-18-8-9-26-21(14-18)32-12-10-31(3)11-13-32/h4-9,14,16H,10-13,15H2,1-3H3. The third-order valence-corrected chi connectivity index (χ3v) is 5.85. The van der Waals surface area contributed by atoms with Crippen LogP contribution in [0.1, 0.15) is 18.3 Å². The highest BCUT2D eigenvalue weighted by atomic mass is 19.1. The summed E-state index contributed by atoms with van der Waals surface area (Å²) < 4.78 is 25.3. The molecule has 0 amide bonds. The molecule has 4 heterocycles. The van der Waals surface area contributed by atoms with E-state index in [9.17, 15) is 4.39 Å². The molecule has 1 saturated heterocycles. The van der Waals surface area contributed by atoms with Crippen LogP contribution in [-0.2, 0) is 6.54 Å². The average Bonchev–Trinajstić information content (AvgIpc) is 3.47. The van der Waals surface area contributed by atoms with Crippen molar-refractivity contribution in [3.63, 3.8) is 0 Å². The molecule has 1 aliphatic heterocycles. The summed E-state index contributed by atoms with van der Waals surface area (Å²) in [5, 5.41) is 8.63. The first kappa shape index (κ1) is 22.9. The normalized spacial score (nSPS) is 15.4. The Morgan fingerprint density at radius 2 is 1.83 bits per heavy atom. The Labute approximate surface area is 202 Å². The summed E-state index contributed by atoms with van der Waals surface area (Å²) in [6, 6.07) is 10.9. The van der Waals surface area contributed by atoms with Gasteiger partial charge in [-0.05, 0) is 55.9 Å². The molecule has 3 aromatic heterocycles. The lowest BCUT2D eigenvalue weighted by Gasteiger charge is -2.33. The first-order valence-corrected chi connectivity index (χ1v) is 11.5. The quantitative estimate of drug-likeness (QED) is 0.397. The molecule has 0 bridgehead atoms. The zero-order chi connectivity index (χ0) is 24.4. The number of alkyl halides is 1. The van der Waals surface area contributed by atoms with Gasteiger partial charge in [0.1, 0.15) is 17.4 Å². The minimum absolute atomic E-state index is 0.229. The van der Waals surface area contributed by atoms with Crippen molar-refractivity contribution in [3.8, 4) is 28.9 Å². The molecule has 1 aromatic carbocycles. The Morgan fingerprint density at radius 3 is 2.57 bits per heavy atom. The van der Waals surface area contributed by atoms with Crippen LogP contribution in [0.15, 0.2) is 47.1 Å². The van der Waals surface area contributed by atoms with E-state index in [4.69, 9.17) is 9.26 Å². The number of piperazine rings is 1. The van der Waals surface area contributed by atoms with Gasteiger partial charge >= 0.3 is 0 Å². The molecule has 0 saturated carbocycles. The van der Waals surface area contributed by atoms with E-state index < -0.39 is 6.36 Å². The molecule has 10 nitrogen and oxygen atoms in total. The van der Waals surface area contributed by atoms with E-state index in [0.29, 0.717) is 29.5 Å². The zero-order valence-electron chi connectivity index (χ0n) is 19.9. The average molecular weight is 479 g/mol. The number of aryl methyl sites for hydroxylation is 1. The Morgan fingerprint density at radius 1 is 1.06 bits per heavy atom. The highest BCUT2D eigenvalue weighted by molar-refractivity contribution is 5.57. The first-order valence-electron chi connectivity index (χ1n) is 11.5. The van der Waals surface area contributed by atoms with Crippen molar-refractivity contribution in [2.24, 2.45) is 0 Å². The monoisotopic (exact) mass is 478 g/mol. The molecule has 4 aromatic rings. The third-order valence-electron chi connectivity index (χ3n) is 5.85. The highest BCUT2D eigenvalue weighted by Crippen LogP contribution is 2.24. The molecule has 1 fully saturated rings. The van der Waals surface area contributed by atoms with E-state index in [1.54, 1.807) is 24.3 Å². The number of benzene rings is 1. The second-order valence-electron chi connectivity index (χ2n) is 8.56. The maximum atomic E-state index is 13.0. The summed E-state index contributed by atoms with van der Waals surface area (Å²) in [7, 11) is 2.14. The molecule has 1 atom stereocenters. The Kier molecular flexibility index (Phi) is 6.41. The molecule has 182 valence electrons. The van der Waals surface area contributed by atoms with Crippen LogP contribution in [0.3, 0.4) is 0 Å². The van der Waals surface area contributed by atoms with Crippen LogP contribution in [0.25, 0.3) is 23.1 Å². The number of halogens is 1. The molecule has 1 unspecified atom stereocenters. The number of pyridine rings is 1. The smallest absolute Gasteiger partial charge is 0.297 e. The lowest BCUT2D eigenvalue weighted by Crippen LogP contribution is -2.44. The predicted octanol–water partition coefficient (Wildman–Crippen LogP) is 3.19. The summed E-state index contributed by atoms with van der Waals surface area (Å²) in [5.74, 6) is 3.12. The fourth-order valence-corrected chi connectivity index (χ4v) is 3.90. The number of nitrogens with zero attached hydrogens (tertiary/aromatic N) is 8. The van der Waals surface area contributed by atoms with Gasteiger partial charge in [0, 0.05) is 44.9 Å². The van der Waals surface area contributed by atoms with Crippen LogP contribution in [0.2, 0.25) is 0 Å². The lowest BCUT2D eigenvalue weighted by atomic mass is 10.2. The molecule has 1 aliphatic rings. The van der Waals surface area contributed by atoms with Gasteiger partial charge in [-0.25, -0.2) is 19.0 Å². The van der Waals surface area contributed by atoms with E-state index in [2.05, 4.69) is 48.1 Å². The Balaban J connectivity index is 1.30. The van der Waals surface area contributed by atoms with Crippen molar-refractivity contribution in [1.29, 1.82) is 0 Å². The molecular formula is C24H27FN8O2. The Hall–Kier alpha value is -3.86. The van der Waals surface area contributed by atoms with Gasteiger partial charge in [-0.1, -0.05) is 5.16 Å². The number of likely N-dealkylation sites (N-methyl/N-ethyl adjacent to an activating group) is 1. The predicted molar refractivity (Wildman–Crippen MR) is 128 cm³/mol. The topological polar surface area (TPSA) is 98.2 Å². The molecule has 0 spiro atoms.